The lowest BCUT2D eigenvalue weighted by molar-refractivity contribution is -0.129. The maximum Gasteiger partial charge on any atom is 0.222 e. The fraction of sp³-hybridized carbons (Fsp3) is 0.562. The van der Waals surface area contributed by atoms with E-state index in [1.54, 1.807) is 0 Å². The quantitative estimate of drug-likeness (QED) is 0.414. The monoisotopic (exact) mass is 373 g/mol. The van der Waals surface area contributed by atoms with Gasteiger partial charge in [0.05, 0.1) is 4.55 Å². The van der Waals surface area contributed by atoms with Crippen molar-refractivity contribution < 1.29 is 4.79 Å². The maximum absolute atomic E-state index is 11.8. The zero-order chi connectivity index (χ0) is 14.5. The molecule has 1 aromatic carbocycles. The van der Waals surface area contributed by atoms with Gasteiger partial charge in [0, 0.05) is 13.0 Å². The van der Waals surface area contributed by atoms with Crippen LogP contribution in [0.4, 0.5) is 0 Å². The molecule has 3 heteroatoms. The predicted molar refractivity (Wildman–Crippen MR) is 89.7 cm³/mol. The highest BCUT2D eigenvalue weighted by Gasteiger charge is 2.22. The first-order valence-electron chi connectivity index (χ1n) is 6.81. The molecule has 0 unspecified atom stereocenters. The van der Waals surface area contributed by atoms with Gasteiger partial charge in [0.2, 0.25) is 5.91 Å². The van der Waals surface area contributed by atoms with Crippen molar-refractivity contribution in [3.8, 4) is 0 Å². The van der Waals surface area contributed by atoms with E-state index in [1.807, 2.05) is 11.8 Å². The summed E-state index contributed by atoms with van der Waals surface area (Å²) in [6.07, 6.45) is 1.58. The van der Waals surface area contributed by atoms with Crippen molar-refractivity contribution in [1.29, 1.82) is 0 Å². The number of benzene rings is 1. The molecule has 0 spiro atoms. The predicted octanol–water partition coefficient (Wildman–Crippen LogP) is 4.29. The van der Waals surface area contributed by atoms with Crippen molar-refractivity contribution >= 4 is 28.5 Å². The first-order valence-corrected chi connectivity index (χ1v) is 8.34. The summed E-state index contributed by atoms with van der Waals surface area (Å²) >= 11 is 2.26. The molecule has 0 bridgehead atoms. The minimum Gasteiger partial charge on any atom is -0.333 e. The van der Waals surface area contributed by atoms with E-state index in [0.717, 1.165) is 17.5 Å². The molecule has 0 fully saturated rings. The first-order chi connectivity index (χ1) is 8.90. The van der Waals surface area contributed by atoms with Crippen LogP contribution in [0.3, 0.4) is 0 Å². The number of alkyl halides is 1. The Morgan fingerprint density at radius 1 is 1.26 bits per heavy atom. The van der Waals surface area contributed by atoms with Crippen LogP contribution in [-0.4, -0.2) is 21.9 Å². The Labute approximate surface area is 130 Å². The highest BCUT2D eigenvalue weighted by Crippen LogP contribution is 2.27. The normalized spacial score (nSPS) is 11.4. The highest BCUT2D eigenvalue weighted by atomic mass is 127. The number of rotatable bonds is 6. The number of carbonyl (C=O) groups excluding carboxylic acids is 1. The topological polar surface area (TPSA) is 20.3 Å². The third-order valence-electron chi connectivity index (χ3n) is 3.64. The van der Waals surface area contributed by atoms with Crippen molar-refractivity contribution in [2.75, 3.05) is 11.1 Å². The van der Waals surface area contributed by atoms with Crippen LogP contribution in [0.25, 0.3) is 0 Å². The average Bonchev–Trinajstić information content (AvgIpc) is 2.39. The molecule has 1 aromatic rings. The van der Waals surface area contributed by atoms with Gasteiger partial charge in [-0.05, 0) is 24.3 Å². The Morgan fingerprint density at radius 2 is 1.84 bits per heavy atom. The van der Waals surface area contributed by atoms with E-state index >= 15 is 0 Å². The molecule has 106 valence electrons. The average molecular weight is 373 g/mol. The summed E-state index contributed by atoms with van der Waals surface area (Å²) in [5.41, 5.74) is 2.73. The molecule has 2 nitrogen and oxygen atoms in total. The number of hydrogen-bond acceptors (Lipinski definition) is 1. The fourth-order valence-corrected chi connectivity index (χ4v) is 2.76. The largest absolute Gasteiger partial charge is 0.333 e. The van der Waals surface area contributed by atoms with Crippen LogP contribution in [0, 0.1) is 6.92 Å². The van der Waals surface area contributed by atoms with Gasteiger partial charge in [-0.25, -0.2) is 0 Å². The first kappa shape index (κ1) is 16.5. The van der Waals surface area contributed by atoms with Gasteiger partial charge in [0.15, 0.2) is 0 Å². The lowest BCUT2D eigenvalue weighted by Gasteiger charge is -2.29. The minimum atomic E-state index is 0.103. The summed E-state index contributed by atoms with van der Waals surface area (Å²) < 4.78 is 0.772. The second-order valence-electron chi connectivity index (χ2n) is 5.63. The van der Waals surface area contributed by atoms with Crippen molar-refractivity contribution in [3.05, 3.63) is 35.4 Å². The van der Waals surface area contributed by atoms with E-state index in [9.17, 15) is 4.79 Å². The van der Waals surface area contributed by atoms with Crippen LogP contribution in [0.15, 0.2) is 24.3 Å². The number of carbonyl (C=O) groups is 1. The van der Waals surface area contributed by atoms with Crippen molar-refractivity contribution in [1.82, 2.24) is 4.90 Å². The summed E-state index contributed by atoms with van der Waals surface area (Å²) in [6.45, 7) is 9.36. The van der Waals surface area contributed by atoms with Gasteiger partial charge < -0.3 is 4.90 Å². The summed E-state index contributed by atoms with van der Waals surface area (Å²) in [7, 11) is 0. The lowest BCUT2D eigenvalue weighted by Crippen LogP contribution is -2.33. The molecule has 0 aliphatic heterocycles. The Morgan fingerprint density at radius 3 is 2.32 bits per heavy atom. The van der Waals surface area contributed by atoms with Crippen LogP contribution >= 0.6 is 22.6 Å². The molecule has 1 rings (SSSR count). The molecular formula is C16H24INO. The number of amides is 1. The Balaban J connectivity index is 2.68. The van der Waals surface area contributed by atoms with Gasteiger partial charge in [-0.2, -0.15) is 0 Å². The summed E-state index contributed by atoms with van der Waals surface area (Å²) in [5, 5.41) is 0. The second kappa shape index (κ2) is 7.27. The van der Waals surface area contributed by atoms with Crippen LogP contribution in [-0.2, 0) is 10.2 Å². The van der Waals surface area contributed by atoms with Gasteiger partial charge in [0.25, 0.3) is 0 Å². The van der Waals surface area contributed by atoms with Crippen molar-refractivity contribution in [3.63, 3.8) is 0 Å². The van der Waals surface area contributed by atoms with E-state index in [0.29, 0.717) is 6.42 Å². The third kappa shape index (κ3) is 4.79. The van der Waals surface area contributed by atoms with Crippen LogP contribution in [0.2, 0.25) is 0 Å². The molecule has 0 saturated heterocycles. The summed E-state index contributed by atoms with van der Waals surface area (Å²) in [4.78, 5) is 13.7. The molecule has 0 heterocycles. The molecule has 0 N–H and O–H groups in total. The van der Waals surface area contributed by atoms with E-state index < -0.39 is 0 Å². The molecule has 0 saturated carbocycles. The molecule has 0 aromatic heterocycles. The second-order valence-corrected chi connectivity index (χ2v) is 6.31. The highest BCUT2D eigenvalue weighted by molar-refractivity contribution is 14.1. The summed E-state index contributed by atoms with van der Waals surface area (Å²) in [6, 6.07) is 8.71. The van der Waals surface area contributed by atoms with Gasteiger partial charge >= 0.3 is 0 Å². The van der Waals surface area contributed by atoms with E-state index in [-0.39, 0.29) is 11.3 Å². The molecule has 0 aliphatic carbocycles. The SMILES string of the molecule is CCC(=O)N(CI)CCC(C)(C)c1ccc(C)cc1. The lowest BCUT2D eigenvalue weighted by atomic mass is 9.81. The zero-order valence-electron chi connectivity index (χ0n) is 12.4. The van der Waals surface area contributed by atoms with Gasteiger partial charge in [0.1, 0.15) is 0 Å². The third-order valence-corrected chi connectivity index (χ3v) is 4.46. The van der Waals surface area contributed by atoms with E-state index in [4.69, 9.17) is 0 Å². The van der Waals surface area contributed by atoms with Gasteiger partial charge in [-0.1, -0.05) is 73.2 Å². The molecular weight excluding hydrogens is 349 g/mol. The molecule has 0 atom stereocenters. The van der Waals surface area contributed by atoms with Crippen LogP contribution in [0.5, 0.6) is 0 Å². The van der Waals surface area contributed by atoms with Gasteiger partial charge in [-0.15, -0.1) is 0 Å². The molecule has 1 amide bonds. The Kier molecular flexibility index (Phi) is 6.30. The number of nitrogens with zero attached hydrogens (tertiary/aromatic N) is 1. The Hall–Kier alpha value is -0.580. The molecule has 0 aliphatic rings. The van der Waals surface area contributed by atoms with E-state index in [1.165, 1.54) is 11.1 Å². The maximum atomic E-state index is 11.8. The fourth-order valence-electron chi connectivity index (χ4n) is 2.04. The Bertz CT molecular complexity index is 411. The number of hydrogen-bond donors (Lipinski definition) is 0. The zero-order valence-corrected chi connectivity index (χ0v) is 14.5. The number of halogens is 1. The summed E-state index contributed by atoms with van der Waals surface area (Å²) in [5.74, 6) is 0.245. The minimum absolute atomic E-state index is 0.103. The van der Waals surface area contributed by atoms with Crippen molar-refractivity contribution in [2.45, 2.75) is 46.0 Å². The van der Waals surface area contributed by atoms with Crippen LogP contribution in [0.1, 0.15) is 44.7 Å². The standard InChI is InChI=1S/C16H24INO/c1-5-15(19)18(12-17)11-10-16(3,4)14-8-6-13(2)7-9-14/h6-9H,5,10-12H2,1-4H3. The number of aryl methyl sites for hydroxylation is 1. The van der Waals surface area contributed by atoms with Crippen LogP contribution < -0.4 is 0 Å². The molecule has 0 radical (unpaired) electrons. The smallest absolute Gasteiger partial charge is 0.222 e. The van der Waals surface area contributed by atoms with Crippen molar-refractivity contribution in [2.24, 2.45) is 0 Å². The molecule has 19 heavy (non-hydrogen) atoms. The van der Waals surface area contributed by atoms with E-state index in [2.05, 4.69) is 67.6 Å². The van der Waals surface area contributed by atoms with Gasteiger partial charge in [-0.3, -0.25) is 4.79 Å².